The lowest BCUT2D eigenvalue weighted by molar-refractivity contribution is 0.374. The van der Waals surface area contributed by atoms with Crippen molar-refractivity contribution < 1.29 is 13.5 Å². The van der Waals surface area contributed by atoms with Crippen LogP contribution in [0.1, 0.15) is 13.3 Å². The van der Waals surface area contributed by atoms with Crippen LogP contribution < -0.4 is 16.0 Å². The lowest BCUT2D eigenvalue weighted by atomic mass is 10.2. The number of nitrogens with one attached hydrogen (secondary N) is 1. The molecule has 0 fully saturated rings. The summed E-state index contributed by atoms with van der Waals surface area (Å²) >= 11 is 0. The van der Waals surface area contributed by atoms with Crippen molar-refractivity contribution >= 4 is 10.9 Å². The van der Waals surface area contributed by atoms with Crippen LogP contribution in [-0.4, -0.2) is 16.7 Å². The topological polar surface area (TPSA) is 64.1 Å². The van der Waals surface area contributed by atoms with Gasteiger partial charge in [0, 0.05) is 6.54 Å². The summed E-state index contributed by atoms with van der Waals surface area (Å²) in [5, 5.41) is -0.121. The minimum atomic E-state index is -1.22. The number of halogens is 2. The number of hydrogen-bond donors (Lipinski definition) is 1. The Morgan fingerprint density at radius 1 is 1.37 bits per heavy atom. The van der Waals surface area contributed by atoms with E-state index in [-0.39, 0.29) is 17.4 Å². The lowest BCUT2D eigenvalue weighted by Gasteiger charge is -2.12. The summed E-state index contributed by atoms with van der Waals surface area (Å²) in [6.07, 6.45) is 0.587. The van der Waals surface area contributed by atoms with Crippen molar-refractivity contribution in [3.05, 3.63) is 38.5 Å². The summed E-state index contributed by atoms with van der Waals surface area (Å²) in [5.41, 5.74) is -1.48. The molecule has 2 aromatic rings. The van der Waals surface area contributed by atoms with Gasteiger partial charge in [0.15, 0.2) is 11.6 Å². The number of nitrogens with zero attached hydrogens (tertiary/aromatic N) is 1. The van der Waals surface area contributed by atoms with Crippen LogP contribution in [0.4, 0.5) is 8.78 Å². The van der Waals surface area contributed by atoms with E-state index in [0.29, 0.717) is 6.42 Å². The minimum absolute atomic E-state index is 0.0306. The molecule has 1 aromatic carbocycles. The Labute approximate surface area is 106 Å². The van der Waals surface area contributed by atoms with Crippen molar-refractivity contribution in [3.8, 4) is 5.75 Å². The minimum Gasteiger partial charge on any atom is -0.491 e. The molecular formula is C12H12F2N2O3. The van der Waals surface area contributed by atoms with E-state index in [1.807, 2.05) is 6.92 Å². The summed E-state index contributed by atoms with van der Waals surface area (Å²) in [7, 11) is 1.15. The summed E-state index contributed by atoms with van der Waals surface area (Å²) in [4.78, 5) is 25.5. The van der Waals surface area contributed by atoms with Gasteiger partial charge in [-0.2, -0.15) is 4.39 Å². The molecule has 102 valence electrons. The Kier molecular flexibility index (Phi) is 3.37. The monoisotopic (exact) mass is 270 g/mol. The number of rotatable bonds is 3. The normalized spacial score (nSPS) is 10.9. The predicted molar refractivity (Wildman–Crippen MR) is 65.6 cm³/mol. The lowest BCUT2D eigenvalue weighted by Crippen LogP contribution is -2.30. The largest absolute Gasteiger partial charge is 0.491 e. The average molecular weight is 270 g/mol. The van der Waals surface area contributed by atoms with Crippen LogP contribution in [0.25, 0.3) is 10.9 Å². The maximum atomic E-state index is 13.7. The Balaban J connectivity index is 3.07. The smallest absolute Gasteiger partial charge is 0.328 e. The zero-order valence-electron chi connectivity index (χ0n) is 10.4. The average Bonchev–Trinajstić information content (AvgIpc) is 2.37. The molecule has 0 saturated carbocycles. The van der Waals surface area contributed by atoms with Crippen LogP contribution in [0.3, 0.4) is 0 Å². The third-order valence-electron chi connectivity index (χ3n) is 2.78. The van der Waals surface area contributed by atoms with Crippen molar-refractivity contribution in [2.45, 2.75) is 19.9 Å². The molecule has 0 unspecified atom stereocenters. The fourth-order valence-electron chi connectivity index (χ4n) is 1.99. The number of methoxy groups -OCH3 is 1. The van der Waals surface area contributed by atoms with E-state index in [1.165, 1.54) is 0 Å². The van der Waals surface area contributed by atoms with Crippen LogP contribution in [-0.2, 0) is 6.54 Å². The number of H-pyrrole nitrogens is 1. The molecule has 0 aliphatic heterocycles. The van der Waals surface area contributed by atoms with Crippen LogP contribution in [0.15, 0.2) is 15.7 Å². The molecule has 0 radical (unpaired) electrons. The van der Waals surface area contributed by atoms with Gasteiger partial charge in [-0.1, -0.05) is 6.92 Å². The molecule has 1 heterocycles. The third-order valence-corrected chi connectivity index (χ3v) is 2.78. The zero-order valence-corrected chi connectivity index (χ0v) is 10.4. The van der Waals surface area contributed by atoms with Crippen molar-refractivity contribution in [1.29, 1.82) is 0 Å². The van der Waals surface area contributed by atoms with Gasteiger partial charge in [-0.3, -0.25) is 14.3 Å². The molecule has 1 aromatic heterocycles. The highest BCUT2D eigenvalue weighted by atomic mass is 19.2. The van der Waals surface area contributed by atoms with E-state index < -0.39 is 28.6 Å². The van der Waals surface area contributed by atoms with E-state index in [1.54, 1.807) is 0 Å². The van der Waals surface area contributed by atoms with Gasteiger partial charge in [-0.15, -0.1) is 0 Å². The van der Waals surface area contributed by atoms with E-state index in [9.17, 15) is 18.4 Å². The number of aromatic nitrogens is 2. The van der Waals surface area contributed by atoms with Crippen molar-refractivity contribution in [2.24, 2.45) is 0 Å². The molecule has 0 atom stereocenters. The summed E-state index contributed by atoms with van der Waals surface area (Å²) in [5.74, 6) is -2.85. The van der Waals surface area contributed by atoms with E-state index >= 15 is 0 Å². The van der Waals surface area contributed by atoms with Gasteiger partial charge < -0.3 is 4.74 Å². The Bertz CT molecular complexity index is 749. The molecule has 5 nitrogen and oxygen atoms in total. The standard InChI is InChI=1S/C12H12F2N2O3/c1-3-4-16-9-6(11(17)15-12(16)18)5-7(13)8(14)10(9)19-2/h5H,3-4H2,1-2H3,(H,15,17,18). The molecule has 0 amide bonds. The summed E-state index contributed by atoms with van der Waals surface area (Å²) in [6, 6.07) is 0.762. The second kappa shape index (κ2) is 4.83. The first-order valence-corrected chi connectivity index (χ1v) is 5.70. The molecular weight excluding hydrogens is 258 g/mol. The van der Waals surface area contributed by atoms with Gasteiger partial charge in [-0.05, 0) is 12.5 Å². The molecule has 0 aliphatic rings. The second-order valence-electron chi connectivity index (χ2n) is 4.01. The summed E-state index contributed by atoms with van der Waals surface area (Å²) in [6.45, 7) is 2.07. The zero-order chi connectivity index (χ0) is 14.2. The maximum absolute atomic E-state index is 13.7. The Hall–Kier alpha value is -2.18. The number of ether oxygens (including phenoxy) is 1. The maximum Gasteiger partial charge on any atom is 0.328 e. The fraction of sp³-hybridized carbons (Fsp3) is 0.333. The van der Waals surface area contributed by atoms with Crippen molar-refractivity contribution in [1.82, 2.24) is 9.55 Å². The molecule has 2 rings (SSSR count). The Morgan fingerprint density at radius 2 is 2.05 bits per heavy atom. The summed E-state index contributed by atoms with van der Waals surface area (Å²) < 4.78 is 33.1. The SMILES string of the molecule is CCCn1c(=O)[nH]c(=O)c2cc(F)c(F)c(OC)c21. The van der Waals surface area contributed by atoms with Crippen LogP contribution in [0.5, 0.6) is 5.75 Å². The molecule has 0 bridgehead atoms. The number of benzene rings is 1. The van der Waals surface area contributed by atoms with Crippen LogP contribution in [0.2, 0.25) is 0 Å². The van der Waals surface area contributed by atoms with Crippen LogP contribution >= 0.6 is 0 Å². The third kappa shape index (κ3) is 2.00. The number of fused-ring (bicyclic) bond motifs is 1. The van der Waals surface area contributed by atoms with E-state index in [2.05, 4.69) is 4.98 Å². The second-order valence-corrected chi connectivity index (χ2v) is 4.01. The van der Waals surface area contributed by atoms with Crippen LogP contribution in [0, 0.1) is 11.6 Å². The highest BCUT2D eigenvalue weighted by Gasteiger charge is 2.19. The number of aryl methyl sites for hydroxylation is 1. The molecule has 0 saturated heterocycles. The quantitative estimate of drug-likeness (QED) is 0.916. The highest BCUT2D eigenvalue weighted by Crippen LogP contribution is 2.28. The molecule has 0 aliphatic carbocycles. The first kappa shape index (κ1) is 13.3. The predicted octanol–water partition coefficient (Wildman–Crippen LogP) is 1.39. The van der Waals surface area contributed by atoms with E-state index in [4.69, 9.17) is 4.74 Å². The highest BCUT2D eigenvalue weighted by molar-refractivity contribution is 5.84. The number of aromatic amines is 1. The first-order valence-electron chi connectivity index (χ1n) is 5.70. The van der Waals surface area contributed by atoms with Gasteiger partial charge >= 0.3 is 5.69 Å². The van der Waals surface area contributed by atoms with Gasteiger partial charge in [0.2, 0.25) is 5.82 Å². The van der Waals surface area contributed by atoms with Crippen molar-refractivity contribution in [3.63, 3.8) is 0 Å². The molecule has 0 spiro atoms. The van der Waals surface area contributed by atoms with E-state index in [0.717, 1.165) is 17.7 Å². The first-order chi connectivity index (χ1) is 9.01. The van der Waals surface area contributed by atoms with Gasteiger partial charge in [0.25, 0.3) is 5.56 Å². The fourth-order valence-corrected chi connectivity index (χ4v) is 1.99. The van der Waals surface area contributed by atoms with Gasteiger partial charge in [0.1, 0.15) is 5.52 Å². The molecule has 1 N–H and O–H groups in total. The number of hydrogen-bond acceptors (Lipinski definition) is 3. The molecule has 7 heteroatoms. The van der Waals surface area contributed by atoms with Crippen molar-refractivity contribution in [2.75, 3.05) is 7.11 Å². The van der Waals surface area contributed by atoms with Gasteiger partial charge in [-0.25, -0.2) is 9.18 Å². The van der Waals surface area contributed by atoms with Gasteiger partial charge in [0.05, 0.1) is 12.5 Å². The Morgan fingerprint density at radius 3 is 2.63 bits per heavy atom. The molecule has 19 heavy (non-hydrogen) atoms.